The Hall–Kier alpha value is -3.25. The molecule has 1 heterocycles. The number of carboxylic acids is 1. The summed E-state index contributed by atoms with van der Waals surface area (Å²) in [5.41, 5.74) is 6.91. The minimum Gasteiger partial charge on any atom is -0.480 e. The summed E-state index contributed by atoms with van der Waals surface area (Å²) in [4.78, 5) is 60.6. The van der Waals surface area contributed by atoms with Crippen LogP contribution < -0.4 is 21.7 Å². The Kier molecular flexibility index (Phi) is 12.0. The van der Waals surface area contributed by atoms with Crippen LogP contribution in [-0.4, -0.2) is 75.1 Å². The summed E-state index contributed by atoms with van der Waals surface area (Å²) in [7, 11) is 0. The molecule has 6 rings (SSSR count). The monoisotopic (exact) mass is 779 g/mol. The number of rotatable bonds is 14. The van der Waals surface area contributed by atoms with Gasteiger partial charge < -0.3 is 36.9 Å². The quantitative estimate of drug-likeness (QED) is 0.0979. The molecule has 0 unspecified atom stereocenters. The lowest BCUT2D eigenvalue weighted by molar-refractivity contribution is -0.246. The molecule has 5 fully saturated rings. The first-order chi connectivity index (χ1) is 26.4. The summed E-state index contributed by atoms with van der Waals surface area (Å²) in [6.07, 6.45) is 14.0. The number of aromatic amines is 1. The molecular weight excluding hydrogens is 709 g/mol. The Morgan fingerprint density at radius 2 is 1.68 bits per heavy atom. The molecule has 312 valence electrons. The van der Waals surface area contributed by atoms with E-state index in [-0.39, 0.29) is 64.9 Å². The first-order valence-electron chi connectivity index (χ1n) is 21.5. The highest BCUT2D eigenvalue weighted by atomic mass is 16.4. The first kappa shape index (κ1) is 42.4. The number of amides is 3. The molecule has 56 heavy (non-hydrogen) atoms. The summed E-state index contributed by atoms with van der Waals surface area (Å²) in [5, 5.41) is 29.3. The van der Waals surface area contributed by atoms with Crippen molar-refractivity contribution in [2.45, 2.75) is 150 Å². The van der Waals surface area contributed by atoms with Crippen molar-refractivity contribution in [1.82, 2.24) is 25.9 Å². The number of nitrogens with two attached hydrogens (primary N) is 1. The number of aromatic nitrogens is 2. The maximum absolute atomic E-state index is 14.7. The summed E-state index contributed by atoms with van der Waals surface area (Å²) >= 11 is 0. The molecule has 0 aromatic carbocycles. The van der Waals surface area contributed by atoms with Gasteiger partial charge in [-0.05, 0) is 148 Å². The van der Waals surface area contributed by atoms with Crippen molar-refractivity contribution < 1.29 is 29.4 Å². The fraction of sp³-hybridized carbons (Fsp3) is 0.795. The lowest BCUT2D eigenvalue weighted by Gasteiger charge is -2.72. The molecule has 0 saturated heterocycles. The number of unbranched alkanes of at least 4 members (excludes halogenated alkanes) is 1. The molecule has 5 aliphatic rings. The standard InChI is InChI=1S/C44H70N6O6/c1-26(2)28-13-18-44(39(56)47-24-35(52)49-31(22-27-23-46-25-48-27)37(53)50-30(38(54)55)10-8-9-21-45)20-19-42(6)29(36(28)44)11-12-33-41(5)16-15-34(51)40(3,4)32(41)14-17-43(33,42)7/h23,25,28-34,36,51H,1,8-22,24,45H2,2-7H3,(H,46,48)(H,47,56)(H,49,52)(H,50,53)(H,54,55)/t28-,29+,30-,31-,32-,33+,34-,36+,41-,42+,43+,44-/m0/s1. The second-order valence-electron chi connectivity index (χ2n) is 20.0. The molecule has 12 atom stereocenters. The van der Waals surface area contributed by atoms with Gasteiger partial charge in [-0.2, -0.15) is 0 Å². The third-order valence-corrected chi connectivity index (χ3v) is 17.1. The zero-order valence-electron chi connectivity index (χ0n) is 34.8. The highest BCUT2D eigenvalue weighted by Crippen LogP contribution is 2.77. The van der Waals surface area contributed by atoms with Gasteiger partial charge in [-0.25, -0.2) is 9.78 Å². The zero-order chi connectivity index (χ0) is 40.8. The fourth-order valence-electron chi connectivity index (χ4n) is 14.0. The summed E-state index contributed by atoms with van der Waals surface area (Å²) in [5.74, 6) is -0.646. The highest BCUT2D eigenvalue weighted by Gasteiger charge is 2.71. The minimum absolute atomic E-state index is 0.0410. The molecule has 1 aromatic heterocycles. The number of hydrogen-bond donors (Lipinski definition) is 7. The largest absolute Gasteiger partial charge is 0.480 e. The number of H-pyrrole nitrogens is 1. The summed E-state index contributed by atoms with van der Waals surface area (Å²) < 4.78 is 0. The molecule has 0 bridgehead atoms. The van der Waals surface area contributed by atoms with Crippen LogP contribution >= 0.6 is 0 Å². The van der Waals surface area contributed by atoms with Crippen molar-refractivity contribution in [2.24, 2.45) is 62.4 Å². The summed E-state index contributed by atoms with van der Waals surface area (Å²) in [6.45, 7) is 18.9. The van der Waals surface area contributed by atoms with Gasteiger partial charge in [-0.15, -0.1) is 0 Å². The molecule has 3 amide bonds. The average Bonchev–Trinajstić information content (AvgIpc) is 3.81. The van der Waals surface area contributed by atoms with Crippen molar-refractivity contribution in [3.05, 3.63) is 30.4 Å². The van der Waals surface area contributed by atoms with Crippen LogP contribution in [0, 0.1) is 56.7 Å². The number of carboxylic acid groups (broad SMARTS) is 1. The first-order valence-corrected chi connectivity index (χ1v) is 21.5. The maximum atomic E-state index is 14.7. The Morgan fingerprint density at radius 3 is 2.34 bits per heavy atom. The fourth-order valence-corrected chi connectivity index (χ4v) is 14.0. The van der Waals surface area contributed by atoms with Gasteiger partial charge in [0.15, 0.2) is 0 Å². The van der Waals surface area contributed by atoms with Gasteiger partial charge in [0, 0.05) is 18.3 Å². The molecular formula is C44H70N6O6. The molecule has 0 aliphatic heterocycles. The minimum atomic E-state index is -1.15. The zero-order valence-corrected chi connectivity index (χ0v) is 34.8. The third kappa shape index (κ3) is 7.13. The Bertz CT molecular complexity index is 1650. The topological polar surface area (TPSA) is 200 Å². The molecule has 12 heteroatoms. The number of hydrogen-bond acceptors (Lipinski definition) is 7. The number of nitrogens with one attached hydrogen (secondary N) is 4. The van der Waals surface area contributed by atoms with E-state index in [9.17, 15) is 29.4 Å². The van der Waals surface area contributed by atoms with Gasteiger partial charge in [0.05, 0.1) is 24.4 Å². The van der Waals surface area contributed by atoms with E-state index in [1.165, 1.54) is 6.33 Å². The number of imidazole rings is 1. The predicted octanol–water partition coefficient (Wildman–Crippen LogP) is 5.27. The number of fused-ring (bicyclic) bond motifs is 7. The van der Waals surface area contributed by atoms with Gasteiger partial charge >= 0.3 is 5.97 Å². The van der Waals surface area contributed by atoms with Crippen molar-refractivity contribution in [2.75, 3.05) is 13.1 Å². The molecule has 12 nitrogen and oxygen atoms in total. The second-order valence-corrected chi connectivity index (χ2v) is 20.0. The van der Waals surface area contributed by atoms with Crippen LogP contribution in [0.3, 0.4) is 0 Å². The van der Waals surface area contributed by atoms with Gasteiger partial charge in [0.1, 0.15) is 12.1 Å². The number of carbonyl (C=O) groups excluding carboxylic acids is 3. The van der Waals surface area contributed by atoms with E-state index in [1.54, 1.807) is 6.20 Å². The third-order valence-electron chi connectivity index (χ3n) is 17.1. The van der Waals surface area contributed by atoms with Gasteiger partial charge in [0.25, 0.3) is 0 Å². The van der Waals surface area contributed by atoms with Crippen molar-refractivity contribution in [3.8, 4) is 0 Å². The van der Waals surface area contributed by atoms with Crippen molar-refractivity contribution in [1.29, 1.82) is 0 Å². The van der Waals surface area contributed by atoms with Crippen LogP contribution in [0.25, 0.3) is 0 Å². The lowest BCUT2D eigenvalue weighted by Crippen LogP contribution is -2.67. The van der Waals surface area contributed by atoms with Crippen LogP contribution in [-0.2, 0) is 25.6 Å². The van der Waals surface area contributed by atoms with Gasteiger partial charge in [-0.3, -0.25) is 14.4 Å². The number of aliphatic carboxylic acids is 1. The number of carbonyl (C=O) groups is 4. The molecule has 8 N–H and O–H groups in total. The van der Waals surface area contributed by atoms with Crippen LogP contribution in [0.1, 0.15) is 131 Å². The number of nitrogens with zero attached hydrogens (tertiary/aromatic N) is 1. The maximum Gasteiger partial charge on any atom is 0.326 e. The van der Waals surface area contributed by atoms with E-state index >= 15 is 0 Å². The van der Waals surface area contributed by atoms with E-state index in [0.717, 1.165) is 69.8 Å². The van der Waals surface area contributed by atoms with Crippen molar-refractivity contribution >= 4 is 23.7 Å². The normalized spacial score (nSPS) is 38.1. The Labute approximate surface area is 333 Å². The second kappa shape index (κ2) is 15.8. The summed E-state index contributed by atoms with van der Waals surface area (Å²) in [6, 6.07) is -2.20. The number of allylic oxidation sites excluding steroid dienone is 1. The SMILES string of the molecule is C=C(C)[C@@H]1CC[C@]2(C(=O)NCC(=O)N[C@@H](Cc3cnc[nH]3)C(=O)N[C@@H](CCCCN)C(=O)O)CC[C@]3(C)[C@H](CC[C@@H]4[C@@]5(C)CC[C@H](O)C(C)(C)[C@@H]5CC[C@]43C)[C@@H]12. The molecule has 0 radical (unpaired) electrons. The van der Waals surface area contributed by atoms with E-state index in [4.69, 9.17) is 5.73 Å². The van der Waals surface area contributed by atoms with Crippen LogP contribution in [0.2, 0.25) is 0 Å². The van der Waals surface area contributed by atoms with E-state index in [2.05, 4.69) is 74.0 Å². The lowest BCUT2D eigenvalue weighted by atomic mass is 9.32. The van der Waals surface area contributed by atoms with Crippen molar-refractivity contribution in [3.63, 3.8) is 0 Å². The van der Waals surface area contributed by atoms with Crippen LogP contribution in [0.5, 0.6) is 0 Å². The highest BCUT2D eigenvalue weighted by molar-refractivity contribution is 5.93. The van der Waals surface area contributed by atoms with E-state index in [0.29, 0.717) is 42.8 Å². The Balaban J connectivity index is 1.18. The number of aliphatic hydroxyl groups excluding tert-OH is 1. The van der Waals surface area contributed by atoms with Gasteiger partial charge in [0.2, 0.25) is 17.7 Å². The van der Waals surface area contributed by atoms with E-state index < -0.39 is 35.3 Å². The number of aliphatic hydroxyl groups is 1. The van der Waals surface area contributed by atoms with E-state index in [1.807, 2.05) is 0 Å². The average molecular weight is 779 g/mol. The smallest absolute Gasteiger partial charge is 0.326 e. The van der Waals surface area contributed by atoms with Crippen LogP contribution in [0.4, 0.5) is 0 Å². The molecule has 0 spiro atoms. The molecule has 5 aliphatic carbocycles. The Morgan fingerprint density at radius 1 is 0.929 bits per heavy atom. The molecule has 1 aromatic rings. The predicted molar refractivity (Wildman–Crippen MR) is 215 cm³/mol. The van der Waals surface area contributed by atoms with Crippen LogP contribution in [0.15, 0.2) is 24.7 Å². The molecule has 5 saturated carbocycles. The van der Waals surface area contributed by atoms with Gasteiger partial charge in [-0.1, -0.05) is 46.8 Å².